The smallest absolute Gasteiger partial charge is 0.255 e. The molecule has 0 spiro atoms. The van der Waals surface area contributed by atoms with Gasteiger partial charge in [0.25, 0.3) is 5.56 Å². The van der Waals surface area contributed by atoms with Crippen molar-refractivity contribution in [3.63, 3.8) is 0 Å². The van der Waals surface area contributed by atoms with E-state index in [4.69, 9.17) is 9.26 Å². The molecule has 0 fully saturated rings. The number of hydrogen-bond acceptors (Lipinski definition) is 8. The van der Waals surface area contributed by atoms with Crippen LogP contribution in [-0.2, 0) is 15.6 Å². The van der Waals surface area contributed by atoms with E-state index in [1.54, 1.807) is 36.5 Å². The number of aromatic nitrogens is 3. The minimum absolute atomic E-state index is 0.100. The van der Waals surface area contributed by atoms with Crippen molar-refractivity contribution in [2.75, 3.05) is 7.11 Å². The summed E-state index contributed by atoms with van der Waals surface area (Å²) in [5.74, 6) is 0.140. The van der Waals surface area contributed by atoms with Crippen molar-refractivity contribution in [3.05, 3.63) is 101 Å². The van der Waals surface area contributed by atoms with E-state index < -0.39 is 9.84 Å². The zero-order valence-electron chi connectivity index (χ0n) is 19.0. The van der Waals surface area contributed by atoms with E-state index >= 15 is 0 Å². The van der Waals surface area contributed by atoms with E-state index in [1.807, 2.05) is 6.07 Å². The molecule has 0 aliphatic carbocycles. The van der Waals surface area contributed by atoms with Crippen molar-refractivity contribution >= 4 is 20.7 Å². The third-order valence-electron chi connectivity index (χ3n) is 5.67. The van der Waals surface area contributed by atoms with Gasteiger partial charge in [-0.25, -0.2) is 8.42 Å². The monoisotopic (exact) mass is 498 g/mol. The number of hydrogen-bond donors (Lipinski definition) is 0. The van der Waals surface area contributed by atoms with E-state index in [0.29, 0.717) is 39.2 Å². The lowest BCUT2D eigenvalue weighted by molar-refractivity contribution is 0.413. The van der Waals surface area contributed by atoms with Gasteiger partial charge in [0.15, 0.2) is 9.84 Å². The Bertz CT molecular complexity index is 1800. The Kier molecular flexibility index (Phi) is 5.83. The molecular weight excluding hydrogens is 480 g/mol. The van der Waals surface area contributed by atoms with Crippen LogP contribution in [-0.4, -0.2) is 30.2 Å². The molecule has 10 heteroatoms. The number of fused-ring (bicyclic) bond motifs is 1. The van der Waals surface area contributed by atoms with Gasteiger partial charge in [-0.3, -0.25) is 14.3 Å². The van der Waals surface area contributed by atoms with Crippen LogP contribution in [0.2, 0.25) is 0 Å². The summed E-state index contributed by atoms with van der Waals surface area (Å²) in [5, 5.41) is 13.5. The number of benzene rings is 2. The second-order valence-corrected chi connectivity index (χ2v) is 9.93. The fourth-order valence-corrected chi connectivity index (χ4v) is 5.25. The molecule has 0 N–H and O–H groups in total. The van der Waals surface area contributed by atoms with Crippen LogP contribution >= 0.6 is 0 Å². The lowest BCUT2D eigenvalue weighted by atomic mass is 10.0. The van der Waals surface area contributed by atoms with Gasteiger partial charge in [-0.1, -0.05) is 11.2 Å². The van der Waals surface area contributed by atoms with E-state index in [0.717, 1.165) is 5.56 Å². The maximum absolute atomic E-state index is 13.1. The first-order chi connectivity index (χ1) is 17.4. The molecule has 0 aliphatic rings. The standard InChI is InChI=1S/C26H18N4O5S/c1-34-25-6-2-18(20-10-17(13-27)14-28-15-20)12-24(25)30-23-5-4-22(11-19(23)3-7-26(30)31)36(32,33)16-21-8-9-35-29-21/h2-12,14-15H,16H2,1H3. The average Bonchev–Trinajstić information content (AvgIpc) is 3.40. The molecule has 0 unspecified atom stereocenters. The van der Waals surface area contributed by atoms with Gasteiger partial charge in [0, 0.05) is 35.5 Å². The summed E-state index contributed by atoms with van der Waals surface area (Å²) < 4.78 is 37.6. The predicted molar refractivity (Wildman–Crippen MR) is 131 cm³/mol. The Balaban J connectivity index is 1.66. The van der Waals surface area contributed by atoms with E-state index in [1.165, 1.54) is 48.4 Å². The van der Waals surface area contributed by atoms with Gasteiger partial charge in [0.2, 0.25) is 0 Å². The number of methoxy groups -OCH3 is 1. The number of ether oxygens (including phenoxy) is 1. The maximum Gasteiger partial charge on any atom is 0.255 e. The Labute approximate surface area is 205 Å². The number of rotatable bonds is 6. The molecule has 2 aromatic carbocycles. The Morgan fingerprint density at radius 3 is 2.64 bits per heavy atom. The van der Waals surface area contributed by atoms with Gasteiger partial charge in [-0.05, 0) is 48.0 Å². The molecule has 9 nitrogen and oxygen atoms in total. The van der Waals surface area contributed by atoms with Crippen molar-refractivity contribution in [3.8, 4) is 28.6 Å². The summed E-state index contributed by atoms with van der Waals surface area (Å²) >= 11 is 0. The number of sulfone groups is 1. The zero-order chi connectivity index (χ0) is 25.3. The highest BCUT2D eigenvalue weighted by Crippen LogP contribution is 2.31. The van der Waals surface area contributed by atoms with Gasteiger partial charge in [0.05, 0.1) is 34.5 Å². The van der Waals surface area contributed by atoms with Crippen LogP contribution in [0, 0.1) is 11.3 Å². The molecule has 0 aliphatic heterocycles. The molecule has 36 heavy (non-hydrogen) atoms. The third-order valence-corrected chi connectivity index (χ3v) is 7.32. The summed E-state index contributed by atoms with van der Waals surface area (Å²) in [4.78, 5) is 17.3. The predicted octanol–water partition coefficient (Wildman–Crippen LogP) is 3.89. The van der Waals surface area contributed by atoms with Crippen molar-refractivity contribution < 1.29 is 17.7 Å². The SMILES string of the molecule is COc1ccc(-c2cncc(C#N)c2)cc1-n1c(=O)ccc2cc(S(=O)(=O)Cc3ccon3)ccc21. The van der Waals surface area contributed by atoms with Gasteiger partial charge in [-0.2, -0.15) is 5.26 Å². The molecule has 0 radical (unpaired) electrons. The molecule has 0 amide bonds. The fourth-order valence-electron chi connectivity index (χ4n) is 3.96. The quantitative estimate of drug-likeness (QED) is 0.345. The molecule has 0 saturated heterocycles. The van der Waals surface area contributed by atoms with Crippen LogP contribution < -0.4 is 10.3 Å². The molecular formula is C26H18N4O5S. The minimum Gasteiger partial charge on any atom is -0.495 e. The summed E-state index contributed by atoms with van der Waals surface area (Å²) in [6.45, 7) is 0. The van der Waals surface area contributed by atoms with Crippen molar-refractivity contribution in [2.24, 2.45) is 0 Å². The highest BCUT2D eigenvalue weighted by atomic mass is 32.2. The highest BCUT2D eigenvalue weighted by molar-refractivity contribution is 7.90. The highest BCUT2D eigenvalue weighted by Gasteiger charge is 2.19. The van der Waals surface area contributed by atoms with Crippen LogP contribution in [0.1, 0.15) is 11.3 Å². The maximum atomic E-state index is 13.1. The molecule has 3 heterocycles. The molecule has 178 valence electrons. The molecule has 5 rings (SSSR count). The summed E-state index contributed by atoms with van der Waals surface area (Å²) in [5.41, 5.74) is 2.79. The molecule has 0 bridgehead atoms. The number of nitrogens with zero attached hydrogens (tertiary/aromatic N) is 4. The number of pyridine rings is 2. The first kappa shape index (κ1) is 23.0. The van der Waals surface area contributed by atoms with E-state index in [-0.39, 0.29) is 16.2 Å². The lowest BCUT2D eigenvalue weighted by Gasteiger charge is -2.16. The van der Waals surface area contributed by atoms with Gasteiger partial charge < -0.3 is 9.26 Å². The topological polar surface area (TPSA) is 128 Å². The fraction of sp³-hybridized carbons (Fsp3) is 0.0769. The van der Waals surface area contributed by atoms with Crippen LogP contribution in [0.5, 0.6) is 5.75 Å². The van der Waals surface area contributed by atoms with Crippen LogP contribution in [0.3, 0.4) is 0 Å². The van der Waals surface area contributed by atoms with Crippen molar-refractivity contribution in [2.45, 2.75) is 10.6 Å². The summed E-state index contributed by atoms with van der Waals surface area (Å²) in [7, 11) is -2.19. The minimum atomic E-state index is -3.69. The van der Waals surface area contributed by atoms with Crippen LogP contribution in [0.25, 0.3) is 27.7 Å². The van der Waals surface area contributed by atoms with Gasteiger partial charge in [-0.15, -0.1) is 0 Å². The molecule has 0 saturated carbocycles. The Hall–Kier alpha value is -4.75. The van der Waals surface area contributed by atoms with Crippen LogP contribution in [0.4, 0.5) is 0 Å². The van der Waals surface area contributed by atoms with E-state index in [2.05, 4.69) is 16.2 Å². The summed E-state index contributed by atoms with van der Waals surface area (Å²) in [6.07, 6.45) is 4.42. The van der Waals surface area contributed by atoms with Crippen molar-refractivity contribution in [1.82, 2.24) is 14.7 Å². The van der Waals surface area contributed by atoms with Crippen molar-refractivity contribution in [1.29, 1.82) is 5.26 Å². The molecule has 0 atom stereocenters. The van der Waals surface area contributed by atoms with Gasteiger partial charge in [0.1, 0.15) is 23.8 Å². The third kappa shape index (κ3) is 4.23. The normalized spacial score (nSPS) is 11.3. The second-order valence-electron chi connectivity index (χ2n) is 7.94. The van der Waals surface area contributed by atoms with Gasteiger partial charge >= 0.3 is 0 Å². The number of nitriles is 1. The zero-order valence-corrected chi connectivity index (χ0v) is 19.8. The molecule has 5 aromatic rings. The average molecular weight is 499 g/mol. The summed E-state index contributed by atoms with van der Waals surface area (Å²) in [6, 6.07) is 18.1. The lowest BCUT2D eigenvalue weighted by Crippen LogP contribution is -2.18. The van der Waals surface area contributed by atoms with E-state index in [9.17, 15) is 18.5 Å². The van der Waals surface area contributed by atoms with Crippen LogP contribution in [0.15, 0.2) is 93.5 Å². The first-order valence-electron chi connectivity index (χ1n) is 10.7. The second kappa shape index (κ2) is 9.13. The largest absolute Gasteiger partial charge is 0.495 e. The first-order valence-corrected chi connectivity index (χ1v) is 12.4. The Morgan fingerprint density at radius 1 is 1.03 bits per heavy atom. The molecule has 3 aromatic heterocycles. The Morgan fingerprint density at radius 2 is 1.89 bits per heavy atom.